The summed E-state index contributed by atoms with van der Waals surface area (Å²) in [4.78, 5) is 23.6. The van der Waals surface area contributed by atoms with E-state index in [0.29, 0.717) is 11.4 Å². The fourth-order valence-corrected chi connectivity index (χ4v) is 3.99. The summed E-state index contributed by atoms with van der Waals surface area (Å²) in [6, 6.07) is 16.0. The van der Waals surface area contributed by atoms with E-state index in [4.69, 9.17) is 9.63 Å². The standard InChI is InChI=1S/C21H21N3O6S/c1-14-11-19(23-30-14)24-31(28,29)18-9-7-17(8-10-18)22-20(25)12-16(13-21(26)27)15-5-3-2-4-6-15/h2-11,16H,12-13H2,1H3,(H,22,25)(H,23,24)(H,26,27)/t16-/m0/s1. The number of carboxylic acid groups (broad SMARTS) is 1. The Labute approximate surface area is 179 Å². The summed E-state index contributed by atoms with van der Waals surface area (Å²) in [5.74, 6) is -1.31. The van der Waals surface area contributed by atoms with Crippen LogP contribution in [0.1, 0.15) is 30.1 Å². The van der Waals surface area contributed by atoms with Crippen LogP contribution in [0.4, 0.5) is 11.5 Å². The number of nitrogens with one attached hydrogen (secondary N) is 2. The lowest BCUT2D eigenvalue weighted by Crippen LogP contribution is -2.18. The van der Waals surface area contributed by atoms with Crippen molar-refractivity contribution in [2.75, 3.05) is 10.0 Å². The van der Waals surface area contributed by atoms with Gasteiger partial charge in [-0.1, -0.05) is 35.5 Å². The van der Waals surface area contributed by atoms with Crippen molar-refractivity contribution in [2.24, 2.45) is 0 Å². The van der Waals surface area contributed by atoms with E-state index in [1.54, 1.807) is 31.2 Å². The first-order chi connectivity index (χ1) is 14.7. The summed E-state index contributed by atoms with van der Waals surface area (Å²) in [6.07, 6.45) is -0.203. The maximum atomic E-state index is 12.4. The van der Waals surface area contributed by atoms with Gasteiger partial charge in [-0.25, -0.2) is 8.42 Å². The molecule has 3 aromatic rings. The first-order valence-corrected chi connectivity index (χ1v) is 10.8. The predicted octanol–water partition coefficient (Wildman–Crippen LogP) is 3.37. The third-order valence-electron chi connectivity index (χ3n) is 4.44. The molecule has 0 saturated carbocycles. The Balaban J connectivity index is 1.65. The molecule has 1 atom stereocenters. The summed E-state index contributed by atoms with van der Waals surface area (Å²) < 4.78 is 32.0. The minimum Gasteiger partial charge on any atom is -0.481 e. The number of sulfonamides is 1. The van der Waals surface area contributed by atoms with Gasteiger partial charge in [0, 0.05) is 24.1 Å². The number of hydrogen-bond donors (Lipinski definition) is 3. The molecule has 1 amide bonds. The molecule has 2 aromatic carbocycles. The third kappa shape index (κ3) is 6.16. The van der Waals surface area contributed by atoms with Crippen molar-refractivity contribution >= 4 is 33.4 Å². The maximum absolute atomic E-state index is 12.4. The lowest BCUT2D eigenvalue weighted by Gasteiger charge is -2.15. The number of carboxylic acids is 1. The lowest BCUT2D eigenvalue weighted by molar-refractivity contribution is -0.137. The minimum atomic E-state index is -3.86. The van der Waals surface area contributed by atoms with Gasteiger partial charge in [-0.15, -0.1) is 0 Å². The number of anilines is 2. The van der Waals surface area contributed by atoms with E-state index in [1.165, 1.54) is 30.3 Å². The van der Waals surface area contributed by atoms with Crippen molar-refractivity contribution < 1.29 is 27.6 Å². The fraction of sp³-hybridized carbons (Fsp3) is 0.190. The van der Waals surface area contributed by atoms with Crippen molar-refractivity contribution in [3.8, 4) is 0 Å². The molecule has 0 aliphatic carbocycles. The molecule has 10 heteroatoms. The quantitative estimate of drug-likeness (QED) is 0.461. The molecule has 1 heterocycles. The molecule has 0 aliphatic rings. The summed E-state index contributed by atoms with van der Waals surface area (Å²) in [7, 11) is -3.86. The smallest absolute Gasteiger partial charge is 0.303 e. The van der Waals surface area contributed by atoms with Crippen molar-refractivity contribution in [3.63, 3.8) is 0 Å². The van der Waals surface area contributed by atoms with Gasteiger partial charge < -0.3 is 14.9 Å². The van der Waals surface area contributed by atoms with Gasteiger partial charge in [0.05, 0.1) is 11.3 Å². The van der Waals surface area contributed by atoms with Gasteiger partial charge in [-0.3, -0.25) is 14.3 Å². The molecule has 0 aliphatic heterocycles. The van der Waals surface area contributed by atoms with E-state index in [9.17, 15) is 18.0 Å². The molecule has 31 heavy (non-hydrogen) atoms. The van der Waals surface area contributed by atoms with E-state index in [1.807, 2.05) is 6.07 Å². The van der Waals surface area contributed by atoms with Crippen molar-refractivity contribution in [1.82, 2.24) is 5.16 Å². The van der Waals surface area contributed by atoms with Gasteiger partial charge in [-0.05, 0) is 36.8 Å². The molecular weight excluding hydrogens is 422 g/mol. The SMILES string of the molecule is Cc1cc(NS(=O)(=O)c2ccc(NC(=O)C[C@@H](CC(=O)O)c3ccccc3)cc2)no1. The Kier molecular flexibility index (Phi) is 6.71. The normalized spacial score (nSPS) is 12.2. The first-order valence-electron chi connectivity index (χ1n) is 9.36. The second-order valence-corrected chi connectivity index (χ2v) is 8.59. The van der Waals surface area contributed by atoms with Gasteiger partial charge >= 0.3 is 5.97 Å². The number of aliphatic carboxylic acids is 1. The highest BCUT2D eigenvalue weighted by Crippen LogP contribution is 2.24. The van der Waals surface area contributed by atoms with Crippen LogP contribution in [0.25, 0.3) is 0 Å². The summed E-state index contributed by atoms with van der Waals surface area (Å²) in [5.41, 5.74) is 1.15. The molecule has 3 N–H and O–H groups in total. The van der Waals surface area contributed by atoms with Crippen LogP contribution in [0.2, 0.25) is 0 Å². The highest BCUT2D eigenvalue weighted by atomic mass is 32.2. The second-order valence-electron chi connectivity index (χ2n) is 6.91. The first kappa shape index (κ1) is 22.0. The molecule has 0 fully saturated rings. The predicted molar refractivity (Wildman–Crippen MR) is 113 cm³/mol. The van der Waals surface area contributed by atoms with Crippen LogP contribution in [0.5, 0.6) is 0 Å². The van der Waals surface area contributed by atoms with Gasteiger partial charge in [0.25, 0.3) is 10.0 Å². The van der Waals surface area contributed by atoms with Crippen LogP contribution in [-0.2, 0) is 19.6 Å². The van der Waals surface area contributed by atoms with Crippen molar-refractivity contribution in [2.45, 2.75) is 30.6 Å². The van der Waals surface area contributed by atoms with Crippen LogP contribution in [0.3, 0.4) is 0 Å². The maximum Gasteiger partial charge on any atom is 0.303 e. The van der Waals surface area contributed by atoms with E-state index < -0.39 is 21.9 Å². The Bertz CT molecular complexity index is 1160. The van der Waals surface area contributed by atoms with Crippen molar-refractivity contribution in [3.05, 3.63) is 72.0 Å². The summed E-state index contributed by atoms with van der Waals surface area (Å²) in [6.45, 7) is 1.64. The number of hydrogen-bond acceptors (Lipinski definition) is 6. The van der Waals surface area contributed by atoms with Gasteiger partial charge in [0.1, 0.15) is 5.76 Å². The Morgan fingerprint density at radius 1 is 1.06 bits per heavy atom. The topological polar surface area (TPSA) is 139 Å². The van der Waals surface area contributed by atoms with Gasteiger partial charge in [-0.2, -0.15) is 0 Å². The zero-order valence-electron chi connectivity index (χ0n) is 16.6. The number of nitrogens with zero attached hydrogens (tertiary/aromatic N) is 1. The van der Waals surface area contributed by atoms with Gasteiger partial charge in [0.2, 0.25) is 5.91 Å². The van der Waals surface area contributed by atoms with Gasteiger partial charge in [0.15, 0.2) is 5.82 Å². The van der Waals surface area contributed by atoms with Crippen LogP contribution < -0.4 is 10.0 Å². The molecule has 0 saturated heterocycles. The number of aromatic nitrogens is 1. The van der Waals surface area contributed by atoms with Crippen LogP contribution >= 0.6 is 0 Å². The third-order valence-corrected chi connectivity index (χ3v) is 5.81. The summed E-state index contributed by atoms with van der Waals surface area (Å²) in [5, 5.41) is 15.4. The fourth-order valence-electron chi connectivity index (χ4n) is 3.01. The average molecular weight is 443 g/mol. The number of carbonyl (C=O) groups is 2. The monoisotopic (exact) mass is 443 g/mol. The number of amides is 1. The molecular formula is C21H21N3O6S. The number of aryl methyl sites for hydroxylation is 1. The molecule has 3 rings (SSSR count). The van der Waals surface area contributed by atoms with Crippen LogP contribution in [-0.4, -0.2) is 30.6 Å². The van der Waals surface area contributed by atoms with E-state index in [2.05, 4.69) is 15.2 Å². The zero-order valence-corrected chi connectivity index (χ0v) is 17.4. The molecule has 1 aromatic heterocycles. The van der Waals surface area contributed by atoms with Crippen LogP contribution in [0.15, 0.2) is 70.1 Å². The summed E-state index contributed by atoms with van der Waals surface area (Å²) >= 11 is 0. The molecule has 0 bridgehead atoms. The van der Waals surface area contributed by atoms with E-state index in [0.717, 1.165) is 5.56 Å². The Hall–Kier alpha value is -3.66. The second kappa shape index (κ2) is 9.43. The number of benzene rings is 2. The minimum absolute atomic E-state index is 0.0146. The van der Waals surface area contributed by atoms with E-state index >= 15 is 0 Å². The largest absolute Gasteiger partial charge is 0.481 e. The Morgan fingerprint density at radius 3 is 2.32 bits per heavy atom. The molecule has 9 nitrogen and oxygen atoms in total. The zero-order chi connectivity index (χ0) is 22.4. The molecule has 0 unspecified atom stereocenters. The van der Waals surface area contributed by atoms with E-state index in [-0.39, 0.29) is 29.5 Å². The number of rotatable bonds is 9. The average Bonchev–Trinajstić information content (AvgIpc) is 3.12. The van der Waals surface area contributed by atoms with Crippen LogP contribution in [0, 0.1) is 6.92 Å². The molecule has 0 radical (unpaired) electrons. The molecule has 0 spiro atoms. The number of carbonyl (C=O) groups excluding carboxylic acids is 1. The molecule has 162 valence electrons. The Morgan fingerprint density at radius 2 is 1.74 bits per heavy atom. The van der Waals surface area contributed by atoms with Crippen molar-refractivity contribution in [1.29, 1.82) is 0 Å². The highest BCUT2D eigenvalue weighted by Gasteiger charge is 2.20. The highest BCUT2D eigenvalue weighted by molar-refractivity contribution is 7.92. The lowest BCUT2D eigenvalue weighted by atomic mass is 9.92.